The summed E-state index contributed by atoms with van der Waals surface area (Å²) in [5.41, 5.74) is 0.146. The molecule has 2 aliphatic heterocycles. The van der Waals surface area contributed by atoms with E-state index in [0.717, 1.165) is 25.5 Å². The van der Waals surface area contributed by atoms with Gasteiger partial charge in [0, 0.05) is 32.2 Å². The van der Waals surface area contributed by atoms with Gasteiger partial charge in [-0.3, -0.25) is 4.79 Å². The number of benzene rings is 1. The van der Waals surface area contributed by atoms with Crippen LogP contribution in [0.5, 0.6) is 0 Å². The second kappa shape index (κ2) is 8.48. The zero-order chi connectivity index (χ0) is 20.4. The predicted molar refractivity (Wildman–Crippen MR) is 106 cm³/mol. The molecule has 0 aromatic heterocycles. The summed E-state index contributed by atoms with van der Waals surface area (Å²) in [6.45, 7) is 1.63. The lowest BCUT2D eigenvalue weighted by atomic mass is 10.1. The maximum absolute atomic E-state index is 13.1. The molecule has 156 valence electrons. The van der Waals surface area contributed by atoms with Crippen molar-refractivity contribution in [2.45, 2.75) is 43.0 Å². The maximum Gasteiger partial charge on any atom is 0.255 e. The van der Waals surface area contributed by atoms with Gasteiger partial charge in [0.2, 0.25) is 20.0 Å². The third kappa shape index (κ3) is 4.91. The number of likely N-dealkylation sites (tertiary alicyclic amines) is 1. The third-order valence-electron chi connectivity index (χ3n) is 5.14. The molecule has 8 nitrogen and oxygen atoms in total. The standard InChI is InChI=1S/C18H27N3O5S2/c1-27(23,24)19-15-8-7-11-20(14-15)18(22)16-9-3-4-10-17(16)28(25,26)21-12-5-2-6-13-21/h3-4,9-10,15,19H,2,5-8,11-14H2,1H3. The number of carbonyl (C=O) groups is 1. The van der Waals surface area contributed by atoms with Crippen LogP contribution in [0.15, 0.2) is 29.2 Å². The van der Waals surface area contributed by atoms with Gasteiger partial charge in [0.1, 0.15) is 0 Å². The minimum Gasteiger partial charge on any atom is -0.337 e. The van der Waals surface area contributed by atoms with Crippen molar-refractivity contribution in [3.05, 3.63) is 29.8 Å². The van der Waals surface area contributed by atoms with E-state index in [4.69, 9.17) is 0 Å². The highest BCUT2D eigenvalue weighted by atomic mass is 32.2. The fourth-order valence-corrected chi connectivity index (χ4v) is 6.34. The predicted octanol–water partition coefficient (Wildman–Crippen LogP) is 1.01. The van der Waals surface area contributed by atoms with Crippen LogP contribution in [0, 0.1) is 0 Å². The summed E-state index contributed by atoms with van der Waals surface area (Å²) in [6, 6.07) is 5.93. The molecule has 28 heavy (non-hydrogen) atoms. The van der Waals surface area contributed by atoms with Crippen molar-refractivity contribution in [2.24, 2.45) is 0 Å². The molecule has 1 N–H and O–H groups in total. The van der Waals surface area contributed by atoms with Crippen LogP contribution < -0.4 is 4.72 Å². The van der Waals surface area contributed by atoms with Crippen LogP contribution in [0.25, 0.3) is 0 Å². The first-order chi connectivity index (χ1) is 13.2. The molecule has 1 aromatic carbocycles. The first kappa shape index (κ1) is 21.2. The van der Waals surface area contributed by atoms with Crippen molar-refractivity contribution in [3.8, 4) is 0 Å². The lowest BCUT2D eigenvalue weighted by molar-refractivity contribution is 0.0699. The van der Waals surface area contributed by atoms with E-state index in [1.54, 1.807) is 12.1 Å². The van der Waals surface area contributed by atoms with E-state index in [2.05, 4.69) is 4.72 Å². The maximum atomic E-state index is 13.1. The number of nitrogens with one attached hydrogen (secondary N) is 1. The fourth-order valence-electron chi connectivity index (χ4n) is 3.84. The van der Waals surface area contributed by atoms with Gasteiger partial charge in [0.05, 0.1) is 16.7 Å². The molecule has 1 atom stereocenters. The molecule has 0 aliphatic carbocycles. The number of carbonyl (C=O) groups excluding carboxylic acids is 1. The van der Waals surface area contributed by atoms with Crippen LogP contribution in [0.4, 0.5) is 0 Å². The average Bonchev–Trinajstić information content (AvgIpc) is 2.67. The Hall–Kier alpha value is -1.49. The van der Waals surface area contributed by atoms with Crippen molar-refractivity contribution in [3.63, 3.8) is 0 Å². The topological polar surface area (TPSA) is 104 Å². The van der Waals surface area contributed by atoms with Crippen LogP contribution in [0.3, 0.4) is 0 Å². The third-order valence-corrected chi connectivity index (χ3v) is 7.86. The number of hydrogen-bond donors (Lipinski definition) is 1. The number of nitrogens with zero attached hydrogens (tertiary/aromatic N) is 2. The van der Waals surface area contributed by atoms with Gasteiger partial charge in [-0.15, -0.1) is 0 Å². The highest BCUT2D eigenvalue weighted by molar-refractivity contribution is 7.89. The smallest absolute Gasteiger partial charge is 0.255 e. The van der Waals surface area contributed by atoms with Gasteiger partial charge in [-0.1, -0.05) is 18.6 Å². The number of hydrogen-bond acceptors (Lipinski definition) is 5. The summed E-state index contributed by atoms with van der Waals surface area (Å²) >= 11 is 0. The van der Waals surface area contributed by atoms with E-state index in [1.807, 2.05) is 0 Å². The van der Waals surface area contributed by atoms with E-state index >= 15 is 0 Å². The highest BCUT2D eigenvalue weighted by Crippen LogP contribution is 2.25. The Bertz CT molecular complexity index is 924. The van der Waals surface area contributed by atoms with Crippen molar-refractivity contribution < 1.29 is 21.6 Å². The molecule has 1 amide bonds. The fraction of sp³-hybridized carbons (Fsp3) is 0.611. The summed E-state index contributed by atoms with van der Waals surface area (Å²) in [4.78, 5) is 14.7. The Morgan fingerprint density at radius 2 is 1.68 bits per heavy atom. The minimum atomic E-state index is -3.74. The normalized spacial score (nSPS) is 22.2. The summed E-state index contributed by atoms with van der Waals surface area (Å²) in [7, 11) is -7.12. The van der Waals surface area contributed by atoms with E-state index in [0.29, 0.717) is 32.5 Å². The SMILES string of the molecule is CS(=O)(=O)NC1CCCN(C(=O)c2ccccc2S(=O)(=O)N2CCCCC2)C1. The molecule has 10 heteroatoms. The first-order valence-corrected chi connectivity index (χ1v) is 12.9. The quantitative estimate of drug-likeness (QED) is 0.752. The summed E-state index contributed by atoms with van der Waals surface area (Å²) in [5.74, 6) is -0.379. The monoisotopic (exact) mass is 429 g/mol. The molecule has 0 spiro atoms. The molecular weight excluding hydrogens is 402 g/mol. The van der Waals surface area contributed by atoms with Crippen molar-refractivity contribution in [1.29, 1.82) is 0 Å². The minimum absolute atomic E-state index is 0.0279. The van der Waals surface area contributed by atoms with Gasteiger partial charge in [-0.2, -0.15) is 4.31 Å². The highest BCUT2D eigenvalue weighted by Gasteiger charge is 2.33. The molecule has 0 radical (unpaired) electrons. The number of sulfonamides is 2. The van der Waals surface area contributed by atoms with Gasteiger partial charge >= 0.3 is 0 Å². The van der Waals surface area contributed by atoms with E-state index in [1.165, 1.54) is 21.3 Å². The van der Waals surface area contributed by atoms with Crippen molar-refractivity contribution in [2.75, 3.05) is 32.4 Å². The van der Waals surface area contributed by atoms with Gasteiger partial charge in [0.15, 0.2) is 0 Å². The van der Waals surface area contributed by atoms with Gasteiger partial charge in [0.25, 0.3) is 5.91 Å². The Morgan fingerprint density at radius 1 is 1.00 bits per heavy atom. The molecule has 3 rings (SSSR count). The van der Waals surface area contributed by atoms with Crippen LogP contribution in [0.2, 0.25) is 0 Å². The van der Waals surface area contributed by atoms with Crippen molar-refractivity contribution >= 4 is 26.0 Å². The van der Waals surface area contributed by atoms with Crippen LogP contribution in [-0.2, 0) is 20.0 Å². The molecule has 2 saturated heterocycles. The molecule has 0 bridgehead atoms. The van der Waals surface area contributed by atoms with Gasteiger partial charge in [-0.05, 0) is 37.8 Å². The average molecular weight is 430 g/mol. The Kier molecular flexibility index (Phi) is 6.43. The first-order valence-electron chi connectivity index (χ1n) is 9.54. The van der Waals surface area contributed by atoms with Crippen LogP contribution in [-0.4, -0.2) is 70.4 Å². The zero-order valence-electron chi connectivity index (χ0n) is 16.0. The van der Waals surface area contributed by atoms with E-state index in [9.17, 15) is 21.6 Å². The Morgan fingerprint density at radius 3 is 2.36 bits per heavy atom. The molecule has 1 unspecified atom stereocenters. The summed E-state index contributed by atoms with van der Waals surface area (Å²) < 4.78 is 53.2. The number of rotatable bonds is 5. The zero-order valence-corrected chi connectivity index (χ0v) is 17.6. The number of amides is 1. The van der Waals surface area contributed by atoms with Gasteiger partial charge < -0.3 is 4.90 Å². The van der Waals surface area contributed by atoms with E-state index in [-0.39, 0.29) is 29.0 Å². The Labute approximate surface area is 167 Å². The van der Waals surface area contributed by atoms with Crippen molar-refractivity contribution in [1.82, 2.24) is 13.9 Å². The lowest BCUT2D eigenvalue weighted by Gasteiger charge is -2.33. The summed E-state index contributed by atoms with van der Waals surface area (Å²) in [6.07, 6.45) is 5.04. The summed E-state index contributed by atoms with van der Waals surface area (Å²) in [5, 5.41) is 0. The second-order valence-electron chi connectivity index (χ2n) is 7.44. The lowest BCUT2D eigenvalue weighted by Crippen LogP contribution is -2.49. The molecule has 2 aliphatic rings. The Balaban J connectivity index is 1.85. The van der Waals surface area contributed by atoms with Crippen LogP contribution in [0.1, 0.15) is 42.5 Å². The second-order valence-corrected chi connectivity index (χ2v) is 11.1. The van der Waals surface area contributed by atoms with Gasteiger partial charge in [-0.25, -0.2) is 21.6 Å². The van der Waals surface area contributed by atoms with Crippen LogP contribution >= 0.6 is 0 Å². The largest absolute Gasteiger partial charge is 0.337 e. The molecule has 2 heterocycles. The molecule has 1 aromatic rings. The van der Waals surface area contributed by atoms with E-state index < -0.39 is 20.0 Å². The molecule has 0 saturated carbocycles. The molecule has 2 fully saturated rings. The molecular formula is C18H27N3O5S2. The number of piperidine rings is 2.